The smallest absolute Gasteiger partial charge is 0.298 e. The molecule has 0 aliphatic rings. The zero-order valence-corrected chi connectivity index (χ0v) is 5.78. The van der Waals surface area contributed by atoms with Crippen LogP contribution in [0.5, 0.6) is 5.75 Å². The lowest BCUT2D eigenvalue weighted by molar-refractivity contribution is -0.120. The van der Waals surface area contributed by atoms with E-state index >= 15 is 0 Å². The number of carbonyl (C=O) groups is 1. The van der Waals surface area contributed by atoms with E-state index in [0.717, 1.165) is 0 Å². The number of benzene rings is 1. The maximum absolute atomic E-state index is 9.90. The number of carbonyl (C=O) groups excluding carboxylic acids is 1. The van der Waals surface area contributed by atoms with Gasteiger partial charge in [-0.1, -0.05) is 0 Å². The molecule has 0 spiro atoms. The van der Waals surface area contributed by atoms with Gasteiger partial charge in [-0.2, -0.15) is 0 Å². The largest absolute Gasteiger partial charge is 0.427 e. The SMILES string of the molecule is Nc1ccc(OC=O)c(N)c1. The predicted molar refractivity (Wildman–Crippen MR) is 42.0 cm³/mol. The highest BCUT2D eigenvalue weighted by Crippen LogP contribution is 2.22. The first kappa shape index (κ1) is 7.40. The number of ether oxygens (including phenoxy) is 1. The second-order valence-electron chi connectivity index (χ2n) is 2.01. The maximum atomic E-state index is 9.90. The van der Waals surface area contributed by atoms with Gasteiger partial charge in [0.15, 0.2) is 5.75 Å². The number of hydrogen-bond donors (Lipinski definition) is 2. The fourth-order valence-corrected chi connectivity index (χ4v) is 0.726. The third-order valence-corrected chi connectivity index (χ3v) is 1.21. The van der Waals surface area contributed by atoms with Crippen LogP contribution >= 0.6 is 0 Å². The third kappa shape index (κ3) is 1.61. The van der Waals surface area contributed by atoms with E-state index in [1.54, 1.807) is 12.1 Å². The Balaban J connectivity index is 2.98. The molecule has 0 amide bonds. The van der Waals surface area contributed by atoms with Crippen molar-refractivity contribution in [3.63, 3.8) is 0 Å². The van der Waals surface area contributed by atoms with E-state index in [-0.39, 0.29) is 0 Å². The average Bonchev–Trinajstić information content (AvgIpc) is 1.95. The maximum Gasteiger partial charge on any atom is 0.298 e. The molecule has 1 rings (SSSR count). The van der Waals surface area contributed by atoms with Crippen LogP contribution in [0.1, 0.15) is 0 Å². The summed E-state index contributed by atoms with van der Waals surface area (Å²) < 4.78 is 4.53. The molecule has 0 saturated carbocycles. The van der Waals surface area contributed by atoms with Crippen molar-refractivity contribution in [3.8, 4) is 5.75 Å². The van der Waals surface area contributed by atoms with Crippen LogP contribution in [0.3, 0.4) is 0 Å². The Morgan fingerprint density at radius 1 is 1.36 bits per heavy atom. The summed E-state index contributed by atoms with van der Waals surface area (Å²) in [4.78, 5) is 9.90. The van der Waals surface area contributed by atoms with Gasteiger partial charge in [-0.05, 0) is 18.2 Å². The van der Waals surface area contributed by atoms with Gasteiger partial charge in [0.1, 0.15) is 0 Å². The van der Waals surface area contributed by atoms with E-state index in [1.165, 1.54) is 6.07 Å². The second-order valence-corrected chi connectivity index (χ2v) is 2.01. The number of nitrogens with two attached hydrogens (primary N) is 2. The Kier molecular flexibility index (Phi) is 1.96. The van der Waals surface area contributed by atoms with Crippen LogP contribution in [-0.4, -0.2) is 6.47 Å². The van der Waals surface area contributed by atoms with Gasteiger partial charge < -0.3 is 16.2 Å². The van der Waals surface area contributed by atoms with Gasteiger partial charge in [-0.15, -0.1) is 0 Å². The molecule has 0 atom stereocenters. The average molecular weight is 152 g/mol. The fraction of sp³-hybridized carbons (Fsp3) is 0. The molecule has 58 valence electrons. The Bertz CT molecular complexity index is 273. The molecule has 0 aliphatic heterocycles. The molecule has 4 heteroatoms. The second kappa shape index (κ2) is 2.92. The molecule has 0 unspecified atom stereocenters. The molecule has 4 nitrogen and oxygen atoms in total. The van der Waals surface area contributed by atoms with Crippen LogP contribution in [0.4, 0.5) is 11.4 Å². The van der Waals surface area contributed by atoms with Crippen LogP contribution in [-0.2, 0) is 4.79 Å². The molecule has 11 heavy (non-hydrogen) atoms. The zero-order valence-electron chi connectivity index (χ0n) is 5.78. The lowest BCUT2D eigenvalue weighted by Gasteiger charge is -2.01. The van der Waals surface area contributed by atoms with Gasteiger partial charge in [0.05, 0.1) is 5.69 Å². The highest BCUT2D eigenvalue weighted by Gasteiger charge is 1.98. The minimum atomic E-state index is 0.321. The van der Waals surface area contributed by atoms with Crippen LogP contribution in [0.25, 0.3) is 0 Å². The third-order valence-electron chi connectivity index (χ3n) is 1.21. The van der Waals surface area contributed by atoms with Crippen molar-refractivity contribution >= 4 is 17.8 Å². The summed E-state index contributed by atoms with van der Waals surface area (Å²) >= 11 is 0. The fourth-order valence-electron chi connectivity index (χ4n) is 0.726. The summed E-state index contributed by atoms with van der Waals surface area (Å²) in [7, 11) is 0. The molecule has 1 aromatic carbocycles. The van der Waals surface area contributed by atoms with Crippen molar-refractivity contribution in [3.05, 3.63) is 18.2 Å². The first-order valence-corrected chi connectivity index (χ1v) is 2.99. The molecule has 0 fully saturated rings. The van der Waals surface area contributed by atoms with Crippen molar-refractivity contribution in [1.29, 1.82) is 0 Å². The Labute approximate surface area is 63.8 Å². The first-order chi connectivity index (χ1) is 5.24. The normalized spacial score (nSPS) is 9.09. The minimum Gasteiger partial charge on any atom is -0.427 e. The molecule has 0 saturated heterocycles. The van der Waals surface area contributed by atoms with Crippen molar-refractivity contribution in [2.24, 2.45) is 0 Å². The summed E-state index contributed by atoms with van der Waals surface area (Å²) in [5.74, 6) is 0.328. The van der Waals surface area contributed by atoms with Gasteiger partial charge in [0.2, 0.25) is 0 Å². The van der Waals surface area contributed by atoms with E-state index < -0.39 is 0 Å². The summed E-state index contributed by atoms with van der Waals surface area (Å²) in [5, 5.41) is 0. The van der Waals surface area contributed by atoms with Crippen LogP contribution in [0, 0.1) is 0 Å². The monoisotopic (exact) mass is 152 g/mol. The minimum absolute atomic E-state index is 0.321. The van der Waals surface area contributed by atoms with Gasteiger partial charge in [0.25, 0.3) is 6.47 Å². The molecule has 0 heterocycles. The lowest BCUT2D eigenvalue weighted by Crippen LogP contribution is -1.96. The number of hydrogen-bond acceptors (Lipinski definition) is 4. The number of anilines is 2. The van der Waals surface area contributed by atoms with E-state index in [9.17, 15) is 4.79 Å². The molecule has 0 aromatic heterocycles. The van der Waals surface area contributed by atoms with Crippen LogP contribution in [0.2, 0.25) is 0 Å². The first-order valence-electron chi connectivity index (χ1n) is 2.99. The van der Waals surface area contributed by atoms with E-state index in [0.29, 0.717) is 23.6 Å². The summed E-state index contributed by atoms with van der Waals surface area (Å²) in [6.07, 6.45) is 0. The Morgan fingerprint density at radius 3 is 2.64 bits per heavy atom. The van der Waals surface area contributed by atoms with Crippen molar-refractivity contribution in [2.45, 2.75) is 0 Å². The number of rotatable bonds is 2. The molecule has 1 aromatic rings. The summed E-state index contributed by atoms with van der Waals surface area (Å²) in [5.41, 5.74) is 11.7. The molecule has 0 radical (unpaired) electrons. The zero-order chi connectivity index (χ0) is 8.27. The van der Waals surface area contributed by atoms with E-state index in [2.05, 4.69) is 4.74 Å². The van der Waals surface area contributed by atoms with Crippen molar-refractivity contribution < 1.29 is 9.53 Å². The number of nitrogen functional groups attached to an aromatic ring is 2. The van der Waals surface area contributed by atoms with Crippen LogP contribution in [0.15, 0.2) is 18.2 Å². The molecule has 0 bridgehead atoms. The van der Waals surface area contributed by atoms with Gasteiger partial charge in [0, 0.05) is 5.69 Å². The highest BCUT2D eigenvalue weighted by molar-refractivity contribution is 5.63. The molecule has 4 N–H and O–H groups in total. The van der Waals surface area contributed by atoms with Gasteiger partial charge in [-0.3, -0.25) is 4.79 Å². The predicted octanol–water partition coefficient (Wildman–Crippen LogP) is 0.386. The van der Waals surface area contributed by atoms with Gasteiger partial charge >= 0.3 is 0 Å². The quantitative estimate of drug-likeness (QED) is 0.474. The van der Waals surface area contributed by atoms with Gasteiger partial charge in [-0.25, -0.2) is 0 Å². The lowest BCUT2D eigenvalue weighted by atomic mass is 10.2. The molecular formula is C7H8N2O2. The Hall–Kier alpha value is -1.71. The highest BCUT2D eigenvalue weighted by atomic mass is 16.5. The summed E-state index contributed by atoms with van der Waals surface area (Å²) in [6.45, 7) is 0.321. The van der Waals surface area contributed by atoms with E-state index in [4.69, 9.17) is 11.5 Å². The topological polar surface area (TPSA) is 78.3 Å². The van der Waals surface area contributed by atoms with Crippen LogP contribution < -0.4 is 16.2 Å². The standard InChI is InChI=1S/C7H8N2O2/c8-5-1-2-7(11-4-10)6(9)3-5/h1-4H,8-9H2. The van der Waals surface area contributed by atoms with Crippen molar-refractivity contribution in [1.82, 2.24) is 0 Å². The molecule has 0 aliphatic carbocycles. The Morgan fingerprint density at radius 2 is 2.09 bits per heavy atom. The van der Waals surface area contributed by atoms with E-state index in [1.807, 2.05) is 0 Å². The van der Waals surface area contributed by atoms with Crippen molar-refractivity contribution in [2.75, 3.05) is 11.5 Å². The molecular weight excluding hydrogens is 144 g/mol. The summed E-state index contributed by atoms with van der Waals surface area (Å²) in [6, 6.07) is 4.67.